The summed E-state index contributed by atoms with van der Waals surface area (Å²) in [4.78, 5) is 11.3. The molecule has 2 rings (SSSR count). The molecule has 23 heavy (non-hydrogen) atoms. The number of ether oxygens (including phenoxy) is 1. The normalized spacial score (nSPS) is 19.3. The van der Waals surface area contributed by atoms with Gasteiger partial charge in [-0.05, 0) is 37.5 Å². The number of nitrogens with two attached hydrogens (primary N) is 1. The minimum Gasteiger partial charge on any atom is -0.495 e. The molecule has 0 saturated carbocycles. The van der Waals surface area contributed by atoms with Crippen molar-refractivity contribution in [3.63, 3.8) is 0 Å². The molecule has 0 spiro atoms. The number of benzene rings is 1. The van der Waals surface area contributed by atoms with Gasteiger partial charge in [0.05, 0.1) is 18.5 Å². The van der Waals surface area contributed by atoms with E-state index in [-0.39, 0.29) is 6.54 Å². The van der Waals surface area contributed by atoms with E-state index in [4.69, 9.17) is 10.5 Å². The molecule has 0 bridgehead atoms. The molecule has 1 aromatic carbocycles. The van der Waals surface area contributed by atoms with Crippen LogP contribution in [0.1, 0.15) is 19.3 Å². The van der Waals surface area contributed by atoms with Gasteiger partial charge in [-0.2, -0.15) is 12.7 Å². The third-order valence-electron chi connectivity index (χ3n) is 3.96. The third kappa shape index (κ3) is 3.35. The summed E-state index contributed by atoms with van der Waals surface area (Å²) >= 11 is 0. The van der Waals surface area contributed by atoms with Gasteiger partial charge in [0.15, 0.2) is 0 Å². The smallest absolute Gasteiger partial charge is 0.322 e. The van der Waals surface area contributed by atoms with Crippen LogP contribution in [0.5, 0.6) is 5.75 Å². The Kier molecular flexibility index (Phi) is 5.00. The van der Waals surface area contributed by atoms with Crippen LogP contribution in [0.3, 0.4) is 0 Å². The standard InChI is InChI=1S/C14H21N3O5S/c1-16(10-6-7-13(22-2)11(15)9-10)23(20,21)17-8-4-3-5-12(17)14(18)19/h6-7,9,12H,3-5,8,15H2,1-2H3,(H,18,19). The van der Waals surface area contributed by atoms with Crippen molar-refractivity contribution in [2.24, 2.45) is 0 Å². The van der Waals surface area contributed by atoms with E-state index in [1.165, 1.54) is 20.2 Å². The molecule has 1 aromatic rings. The zero-order chi connectivity index (χ0) is 17.2. The van der Waals surface area contributed by atoms with E-state index in [0.29, 0.717) is 36.4 Å². The van der Waals surface area contributed by atoms with Crippen LogP contribution in [0.15, 0.2) is 18.2 Å². The summed E-state index contributed by atoms with van der Waals surface area (Å²) in [5, 5.41) is 9.28. The second-order valence-electron chi connectivity index (χ2n) is 5.36. The fraction of sp³-hybridized carbons (Fsp3) is 0.500. The number of nitrogens with zero attached hydrogens (tertiary/aromatic N) is 2. The molecule has 1 aliphatic rings. The zero-order valence-corrected chi connectivity index (χ0v) is 13.9. The number of hydrogen-bond donors (Lipinski definition) is 2. The summed E-state index contributed by atoms with van der Waals surface area (Å²) in [6, 6.07) is 3.58. The second kappa shape index (κ2) is 6.63. The van der Waals surface area contributed by atoms with Gasteiger partial charge in [0.25, 0.3) is 0 Å². The van der Waals surface area contributed by atoms with Crippen molar-refractivity contribution in [3.05, 3.63) is 18.2 Å². The highest BCUT2D eigenvalue weighted by atomic mass is 32.2. The molecule has 0 radical (unpaired) electrons. The summed E-state index contributed by atoms with van der Waals surface area (Å²) in [6.07, 6.45) is 1.65. The first-order valence-corrected chi connectivity index (χ1v) is 8.60. The molecular formula is C14H21N3O5S. The molecule has 3 N–H and O–H groups in total. The first-order valence-electron chi connectivity index (χ1n) is 7.21. The van der Waals surface area contributed by atoms with Crippen molar-refractivity contribution < 1.29 is 23.1 Å². The number of piperidine rings is 1. The molecule has 0 amide bonds. The van der Waals surface area contributed by atoms with Crippen LogP contribution in [-0.4, -0.2) is 50.5 Å². The molecule has 9 heteroatoms. The Labute approximate surface area is 135 Å². The predicted molar refractivity (Wildman–Crippen MR) is 86.7 cm³/mol. The van der Waals surface area contributed by atoms with Gasteiger partial charge in [0.2, 0.25) is 0 Å². The van der Waals surface area contributed by atoms with Crippen LogP contribution >= 0.6 is 0 Å². The van der Waals surface area contributed by atoms with Crippen molar-refractivity contribution >= 4 is 27.6 Å². The number of carboxylic acids is 1. The summed E-state index contributed by atoms with van der Waals surface area (Å²) in [6.45, 7) is 0.190. The molecule has 0 aliphatic carbocycles. The number of aliphatic carboxylic acids is 1. The van der Waals surface area contributed by atoms with Crippen molar-refractivity contribution in [1.82, 2.24) is 4.31 Å². The lowest BCUT2D eigenvalue weighted by molar-refractivity contribution is -0.142. The Bertz CT molecular complexity index is 692. The molecule has 1 atom stereocenters. The molecule has 1 unspecified atom stereocenters. The average Bonchev–Trinajstić information content (AvgIpc) is 2.53. The first kappa shape index (κ1) is 17.4. The van der Waals surface area contributed by atoms with Gasteiger partial charge >= 0.3 is 16.2 Å². The topological polar surface area (TPSA) is 113 Å². The molecule has 1 heterocycles. The Morgan fingerprint density at radius 1 is 1.43 bits per heavy atom. The van der Waals surface area contributed by atoms with Gasteiger partial charge in [0.1, 0.15) is 11.8 Å². The van der Waals surface area contributed by atoms with Gasteiger partial charge in [0, 0.05) is 13.6 Å². The van der Waals surface area contributed by atoms with E-state index in [9.17, 15) is 18.3 Å². The van der Waals surface area contributed by atoms with Crippen LogP contribution in [0.4, 0.5) is 11.4 Å². The number of carboxylic acid groups (broad SMARTS) is 1. The SMILES string of the molecule is COc1ccc(N(C)S(=O)(=O)N2CCCCC2C(=O)O)cc1N. The van der Waals surface area contributed by atoms with Crippen LogP contribution in [-0.2, 0) is 15.0 Å². The minimum absolute atomic E-state index is 0.190. The highest BCUT2D eigenvalue weighted by Gasteiger charge is 2.39. The van der Waals surface area contributed by atoms with Gasteiger partial charge in [-0.3, -0.25) is 9.10 Å². The number of hydrogen-bond acceptors (Lipinski definition) is 5. The molecule has 0 aromatic heterocycles. The highest BCUT2D eigenvalue weighted by Crippen LogP contribution is 2.30. The van der Waals surface area contributed by atoms with Crippen LogP contribution in [0, 0.1) is 0 Å². The molecule has 1 fully saturated rings. The quantitative estimate of drug-likeness (QED) is 0.768. The Morgan fingerprint density at radius 2 is 2.13 bits per heavy atom. The van der Waals surface area contributed by atoms with E-state index >= 15 is 0 Å². The molecule has 1 saturated heterocycles. The number of nitrogen functional groups attached to an aromatic ring is 1. The predicted octanol–water partition coefficient (Wildman–Crippen LogP) is 0.897. The van der Waals surface area contributed by atoms with Crippen molar-refractivity contribution in [2.75, 3.05) is 30.7 Å². The van der Waals surface area contributed by atoms with E-state index in [2.05, 4.69) is 0 Å². The number of anilines is 2. The Balaban J connectivity index is 2.34. The summed E-state index contributed by atoms with van der Waals surface area (Å²) < 4.78 is 32.7. The van der Waals surface area contributed by atoms with E-state index < -0.39 is 22.2 Å². The fourth-order valence-electron chi connectivity index (χ4n) is 2.64. The van der Waals surface area contributed by atoms with E-state index in [1.54, 1.807) is 12.1 Å². The lowest BCUT2D eigenvalue weighted by Crippen LogP contribution is -2.52. The second-order valence-corrected chi connectivity index (χ2v) is 7.27. The average molecular weight is 343 g/mol. The third-order valence-corrected chi connectivity index (χ3v) is 5.89. The van der Waals surface area contributed by atoms with Crippen molar-refractivity contribution in [1.29, 1.82) is 0 Å². The summed E-state index contributed by atoms with van der Waals surface area (Å²) in [5.41, 5.74) is 6.46. The van der Waals surface area contributed by atoms with Gasteiger partial charge < -0.3 is 15.6 Å². The fourth-order valence-corrected chi connectivity index (χ4v) is 4.21. The van der Waals surface area contributed by atoms with Gasteiger partial charge in [-0.1, -0.05) is 0 Å². The maximum atomic E-state index is 12.8. The maximum absolute atomic E-state index is 12.8. The van der Waals surface area contributed by atoms with Gasteiger partial charge in [-0.15, -0.1) is 0 Å². The Morgan fingerprint density at radius 3 is 2.70 bits per heavy atom. The Hall–Kier alpha value is -2.00. The molecule has 128 valence electrons. The van der Waals surface area contributed by atoms with Crippen LogP contribution in [0.25, 0.3) is 0 Å². The van der Waals surface area contributed by atoms with E-state index in [1.807, 2.05) is 0 Å². The molecular weight excluding hydrogens is 322 g/mol. The largest absolute Gasteiger partial charge is 0.495 e. The molecule has 1 aliphatic heterocycles. The zero-order valence-electron chi connectivity index (χ0n) is 13.1. The van der Waals surface area contributed by atoms with E-state index in [0.717, 1.165) is 8.61 Å². The monoisotopic (exact) mass is 343 g/mol. The first-order chi connectivity index (χ1) is 10.8. The number of methoxy groups -OCH3 is 1. The van der Waals surface area contributed by atoms with Crippen LogP contribution < -0.4 is 14.8 Å². The lowest BCUT2D eigenvalue weighted by Gasteiger charge is -2.35. The summed E-state index contributed by atoms with van der Waals surface area (Å²) in [5.74, 6) is -0.683. The van der Waals surface area contributed by atoms with Crippen molar-refractivity contribution in [2.45, 2.75) is 25.3 Å². The van der Waals surface area contributed by atoms with Crippen LogP contribution in [0.2, 0.25) is 0 Å². The highest BCUT2D eigenvalue weighted by molar-refractivity contribution is 7.90. The minimum atomic E-state index is -3.96. The number of carbonyl (C=O) groups is 1. The maximum Gasteiger partial charge on any atom is 0.322 e. The number of rotatable bonds is 5. The lowest BCUT2D eigenvalue weighted by atomic mass is 10.1. The summed E-state index contributed by atoms with van der Waals surface area (Å²) in [7, 11) is -1.11. The van der Waals surface area contributed by atoms with Gasteiger partial charge in [-0.25, -0.2) is 0 Å². The molecule has 8 nitrogen and oxygen atoms in total. The van der Waals surface area contributed by atoms with Crippen molar-refractivity contribution in [3.8, 4) is 5.75 Å².